The Hall–Kier alpha value is -1.78. The molecule has 0 unspecified atom stereocenters. The Morgan fingerprint density at radius 2 is 2.40 bits per heavy atom. The number of ether oxygens (including phenoxy) is 1. The van der Waals surface area contributed by atoms with Gasteiger partial charge in [0, 0.05) is 7.05 Å². The van der Waals surface area contributed by atoms with E-state index in [1.165, 1.54) is 6.08 Å². The summed E-state index contributed by atoms with van der Waals surface area (Å²) >= 11 is 0. The van der Waals surface area contributed by atoms with Gasteiger partial charge >= 0.3 is 0 Å². The minimum absolute atomic E-state index is 0.115. The van der Waals surface area contributed by atoms with Crippen molar-refractivity contribution in [3.63, 3.8) is 0 Å². The number of hydrogen-bond donors (Lipinski definition) is 0. The van der Waals surface area contributed by atoms with Crippen molar-refractivity contribution in [2.45, 2.75) is 6.92 Å². The molecule has 0 bridgehead atoms. The monoisotopic (exact) mass is 207 g/mol. The maximum absolute atomic E-state index is 11.6. The van der Waals surface area contributed by atoms with Gasteiger partial charge in [-0.25, -0.2) is 4.68 Å². The van der Waals surface area contributed by atoms with Crippen molar-refractivity contribution in [1.82, 2.24) is 9.78 Å². The number of rotatable bonds is 1. The molecule has 5 heteroatoms. The Labute approximate surface area is 87.9 Å². The lowest BCUT2D eigenvalue weighted by molar-refractivity contribution is -0.114. The molecule has 0 fully saturated rings. The third-order valence-corrected chi connectivity index (χ3v) is 2.40. The summed E-state index contributed by atoms with van der Waals surface area (Å²) < 4.78 is 7.12. The summed E-state index contributed by atoms with van der Waals surface area (Å²) in [6, 6.07) is 0. The van der Waals surface area contributed by atoms with E-state index in [1.807, 2.05) is 6.92 Å². The van der Waals surface area contributed by atoms with Gasteiger partial charge in [0.25, 0.3) is 5.91 Å². The van der Waals surface area contributed by atoms with Crippen molar-refractivity contribution in [1.29, 1.82) is 0 Å². The van der Waals surface area contributed by atoms with Gasteiger partial charge in [-0.1, -0.05) is 6.58 Å². The van der Waals surface area contributed by atoms with E-state index in [1.54, 1.807) is 16.6 Å². The molecule has 1 amide bonds. The number of hydrogen-bond acceptors (Lipinski definition) is 3. The summed E-state index contributed by atoms with van der Waals surface area (Å²) in [4.78, 5) is 13.3. The number of anilines is 1. The maximum Gasteiger partial charge on any atom is 0.250 e. The summed E-state index contributed by atoms with van der Waals surface area (Å²) in [6.45, 7) is 6.38. The first-order valence-corrected chi connectivity index (χ1v) is 4.75. The van der Waals surface area contributed by atoms with Crippen molar-refractivity contribution in [3.05, 3.63) is 18.3 Å². The molecular weight excluding hydrogens is 194 g/mol. The fraction of sp³-hybridized carbons (Fsp3) is 0.400. The normalized spacial score (nSPS) is 14.4. The number of carbonyl (C=O) groups is 1. The fourth-order valence-electron chi connectivity index (χ4n) is 1.77. The maximum atomic E-state index is 11.6. The van der Waals surface area contributed by atoms with E-state index in [9.17, 15) is 4.79 Å². The largest absolute Gasteiger partial charge is 0.474 e. The molecule has 0 atom stereocenters. The van der Waals surface area contributed by atoms with E-state index in [2.05, 4.69) is 11.7 Å². The highest BCUT2D eigenvalue weighted by atomic mass is 16.5. The third-order valence-electron chi connectivity index (χ3n) is 2.40. The van der Waals surface area contributed by atoms with Crippen LogP contribution in [0.3, 0.4) is 0 Å². The Morgan fingerprint density at radius 1 is 1.67 bits per heavy atom. The average Bonchev–Trinajstić information content (AvgIpc) is 2.54. The predicted octanol–water partition coefficient (Wildman–Crippen LogP) is 0.640. The number of fused-ring (bicyclic) bond motifs is 1. The molecule has 80 valence electrons. The van der Waals surface area contributed by atoms with Gasteiger partial charge < -0.3 is 4.74 Å². The van der Waals surface area contributed by atoms with Crippen LogP contribution in [0.15, 0.2) is 12.7 Å². The molecule has 0 saturated heterocycles. The van der Waals surface area contributed by atoms with Gasteiger partial charge in [-0.05, 0) is 13.0 Å². The lowest BCUT2D eigenvalue weighted by Gasteiger charge is -2.26. The van der Waals surface area contributed by atoms with Gasteiger partial charge in [0.05, 0.1) is 12.2 Å². The number of carbonyl (C=O) groups excluding carboxylic acids is 1. The van der Waals surface area contributed by atoms with E-state index in [-0.39, 0.29) is 5.91 Å². The SMILES string of the molecule is C=CC(=O)N1CCOc2c1c(C)nn2C. The number of amides is 1. The molecule has 0 radical (unpaired) electrons. The molecule has 1 aliphatic rings. The van der Waals surface area contributed by atoms with Crippen LogP contribution >= 0.6 is 0 Å². The van der Waals surface area contributed by atoms with Crippen LogP contribution in [0.2, 0.25) is 0 Å². The summed E-state index contributed by atoms with van der Waals surface area (Å²) in [6.07, 6.45) is 1.31. The molecule has 2 heterocycles. The summed E-state index contributed by atoms with van der Waals surface area (Å²) in [7, 11) is 1.80. The molecule has 0 aromatic carbocycles. The lowest BCUT2D eigenvalue weighted by atomic mass is 10.3. The third kappa shape index (κ3) is 1.40. The van der Waals surface area contributed by atoms with E-state index in [0.29, 0.717) is 19.0 Å². The molecule has 0 N–H and O–H groups in total. The van der Waals surface area contributed by atoms with E-state index in [4.69, 9.17) is 4.74 Å². The van der Waals surface area contributed by atoms with Gasteiger partial charge in [-0.15, -0.1) is 0 Å². The molecule has 0 spiro atoms. The lowest BCUT2D eigenvalue weighted by Crippen LogP contribution is -2.37. The highest BCUT2D eigenvalue weighted by molar-refractivity contribution is 6.02. The molecule has 1 aromatic heterocycles. The number of aryl methyl sites for hydroxylation is 2. The van der Waals surface area contributed by atoms with Crippen molar-refractivity contribution in [2.75, 3.05) is 18.1 Å². The zero-order chi connectivity index (χ0) is 11.0. The first kappa shape index (κ1) is 9.76. The summed E-state index contributed by atoms with van der Waals surface area (Å²) in [5.41, 5.74) is 1.55. The van der Waals surface area contributed by atoms with Crippen LogP contribution < -0.4 is 9.64 Å². The molecule has 2 rings (SSSR count). The topological polar surface area (TPSA) is 47.4 Å². The first-order valence-electron chi connectivity index (χ1n) is 4.75. The Bertz CT molecular complexity index is 423. The van der Waals surface area contributed by atoms with Crippen LogP contribution in [0.25, 0.3) is 0 Å². The standard InChI is InChI=1S/C10H13N3O2/c1-4-8(14)13-5-6-15-10-9(13)7(2)11-12(10)3/h4H,1,5-6H2,2-3H3. The summed E-state index contributed by atoms with van der Waals surface area (Å²) in [5.74, 6) is 0.532. The van der Waals surface area contributed by atoms with Gasteiger partial charge in [0.1, 0.15) is 12.3 Å². The smallest absolute Gasteiger partial charge is 0.250 e. The van der Waals surface area contributed by atoms with Crippen molar-refractivity contribution in [2.24, 2.45) is 7.05 Å². The van der Waals surface area contributed by atoms with Crippen molar-refractivity contribution in [3.8, 4) is 5.88 Å². The fourth-order valence-corrected chi connectivity index (χ4v) is 1.77. The predicted molar refractivity (Wildman–Crippen MR) is 56.0 cm³/mol. The van der Waals surface area contributed by atoms with E-state index >= 15 is 0 Å². The highest BCUT2D eigenvalue weighted by Gasteiger charge is 2.27. The molecule has 0 saturated carbocycles. The molecular formula is C10H13N3O2. The Morgan fingerprint density at radius 3 is 3.07 bits per heavy atom. The second-order valence-electron chi connectivity index (χ2n) is 3.41. The van der Waals surface area contributed by atoms with Crippen LogP contribution in [0.1, 0.15) is 5.69 Å². The number of aromatic nitrogens is 2. The van der Waals surface area contributed by atoms with Gasteiger partial charge in [0.15, 0.2) is 0 Å². The van der Waals surface area contributed by atoms with Crippen LogP contribution in [0.5, 0.6) is 5.88 Å². The van der Waals surface area contributed by atoms with Crippen molar-refractivity contribution < 1.29 is 9.53 Å². The molecule has 1 aromatic rings. The second kappa shape index (κ2) is 3.42. The van der Waals surface area contributed by atoms with E-state index < -0.39 is 0 Å². The second-order valence-corrected chi connectivity index (χ2v) is 3.41. The zero-order valence-corrected chi connectivity index (χ0v) is 8.86. The number of nitrogens with zero attached hydrogens (tertiary/aromatic N) is 3. The van der Waals surface area contributed by atoms with Crippen LogP contribution in [-0.2, 0) is 11.8 Å². The van der Waals surface area contributed by atoms with Crippen LogP contribution in [0.4, 0.5) is 5.69 Å². The van der Waals surface area contributed by atoms with Crippen LogP contribution in [0, 0.1) is 6.92 Å². The average molecular weight is 207 g/mol. The van der Waals surface area contributed by atoms with Crippen LogP contribution in [-0.4, -0.2) is 28.8 Å². The quantitative estimate of drug-likeness (QED) is 0.635. The molecule has 15 heavy (non-hydrogen) atoms. The van der Waals surface area contributed by atoms with Gasteiger partial charge in [-0.3, -0.25) is 9.69 Å². The Kier molecular flexibility index (Phi) is 2.22. The molecule has 5 nitrogen and oxygen atoms in total. The zero-order valence-electron chi connectivity index (χ0n) is 8.86. The van der Waals surface area contributed by atoms with Gasteiger partial charge in [0.2, 0.25) is 5.88 Å². The molecule has 1 aliphatic heterocycles. The minimum Gasteiger partial charge on any atom is -0.474 e. The van der Waals surface area contributed by atoms with Crippen molar-refractivity contribution >= 4 is 11.6 Å². The minimum atomic E-state index is -0.115. The highest BCUT2D eigenvalue weighted by Crippen LogP contribution is 2.34. The Balaban J connectivity index is 2.50. The van der Waals surface area contributed by atoms with E-state index in [0.717, 1.165) is 11.4 Å². The molecule has 0 aliphatic carbocycles. The summed E-state index contributed by atoms with van der Waals surface area (Å²) in [5, 5.41) is 4.22. The first-order chi connectivity index (χ1) is 7.15. The van der Waals surface area contributed by atoms with Gasteiger partial charge in [-0.2, -0.15) is 5.10 Å².